The Bertz CT molecular complexity index is 1820. The topological polar surface area (TPSA) is 32.3 Å². The lowest BCUT2D eigenvalue weighted by Gasteiger charge is -2.33. The van der Waals surface area contributed by atoms with E-state index in [9.17, 15) is 0 Å². The van der Waals surface area contributed by atoms with Crippen LogP contribution in [0.3, 0.4) is 0 Å². The number of fused-ring (bicyclic) bond motifs is 1. The third kappa shape index (κ3) is 9.06. The molecule has 0 N–H and O–H groups in total. The van der Waals surface area contributed by atoms with Crippen molar-refractivity contribution in [2.24, 2.45) is 5.92 Å². The highest BCUT2D eigenvalue weighted by Gasteiger charge is 2.19. The van der Waals surface area contributed by atoms with Crippen LogP contribution in [-0.2, 0) is 6.42 Å². The molecule has 4 heteroatoms. The molecule has 0 aliphatic carbocycles. The van der Waals surface area contributed by atoms with Gasteiger partial charge in [-0.2, -0.15) is 0 Å². The second kappa shape index (κ2) is 17.6. The van der Waals surface area contributed by atoms with Crippen molar-refractivity contribution in [2.45, 2.75) is 66.2 Å². The van der Waals surface area contributed by atoms with E-state index in [2.05, 4.69) is 140 Å². The summed E-state index contributed by atoms with van der Waals surface area (Å²) in [6.07, 6.45) is 7.38. The average Bonchev–Trinajstić information content (AvgIpc) is 3.19. The van der Waals surface area contributed by atoms with Crippen molar-refractivity contribution in [1.82, 2.24) is 19.8 Å². The first kappa shape index (κ1) is 35.6. The second-order valence-corrected chi connectivity index (χ2v) is 13.0. The Labute approximate surface area is 295 Å². The Morgan fingerprint density at radius 2 is 1.22 bits per heavy atom. The normalized spacial score (nSPS) is 14.7. The Balaban J connectivity index is 0.000000183. The molecule has 2 fully saturated rings. The van der Waals surface area contributed by atoms with Crippen LogP contribution in [0.25, 0.3) is 44.7 Å². The zero-order chi connectivity index (χ0) is 34.6. The lowest BCUT2D eigenvalue weighted by Crippen LogP contribution is -2.31. The quantitative estimate of drug-likeness (QED) is 0.175. The van der Waals surface area contributed by atoms with E-state index >= 15 is 0 Å². The molecule has 0 amide bonds. The molecule has 5 aromatic rings. The van der Waals surface area contributed by atoms with Gasteiger partial charge in [-0.3, -0.25) is 0 Å². The Morgan fingerprint density at radius 1 is 0.653 bits per heavy atom. The van der Waals surface area contributed by atoms with Gasteiger partial charge in [-0.05, 0) is 91.1 Å². The van der Waals surface area contributed by atoms with E-state index < -0.39 is 0 Å². The molecule has 0 atom stereocenters. The van der Waals surface area contributed by atoms with Crippen LogP contribution in [0, 0.1) is 5.92 Å². The molecule has 2 aliphatic heterocycles. The third-order valence-electron chi connectivity index (χ3n) is 9.69. The maximum Gasteiger partial charge on any atom is 0.0864 e. The fraction of sp³-hybridized carbons (Fsp3) is 0.333. The van der Waals surface area contributed by atoms with Crippen molar-refractivity contribution in [3.8, 4) is 22.5 Å². The van der Waals surface area contributed by atoms with Crippen molar-refractivity contribution in [3.05, 3.63) is 133 Å². The smallest absolute Gasteiger partial charge is 0.0864 e. The predicted molar refractivity (Wildman–Crippen MR) is 211 cm³/mol. The number of benzene rings is 3. The molecule has 254 valence electrons. The SMILES string of the molecule is C=C(c1cccc(-c2cccc(CC)c2)n1)N1CCCCC1.C=C(c1cccc(-c2cccc3ccccc23)n1)N1CCC(C)CC1.CC. The zero-order valence-corrected chi connectivity index (χ0v) is 30.2. The first-order valence-electron chi connectivity index (χ1n) is 18.4. The van der Waals surface area contributed by atoms with Gasteiger partial charge in [0, 0.05) is 37.3 Å². The van der Waals surface area contributed by atoms with E-state index in [1.54, 1.807) is 0 Å². The van der Waals surface area contributed by atoms with Gasteiger partial charge in [-0.25, -0.2) is 9.97 Å². The molecule has 4 heterocycles. The van der Waals surface area contributed by atoms with E-state index in [1.165, 1.54) is 59.6 Å². The molecule has 0 unspecified atom stereocenters. The van der Waals surface area contributed by atoms with Crippen molar-refractivity contribution in [1.29, 1.82) is 0 Å². The summed E-state index contributed by atoms with van der Waals surface area (Å²) in [4.78, 5) is 14.6. The fourth-order valence-electron chi connectivity index (χ4n) is 6.67. The molecule has 0 saturated carbocycles. The summed E-state index contributed by atoms with van der Waals surface area (Å²) in [6.45, 7) is 21.5. The van der Waals surface area contributed by atoms with Crippen molar-refractivity contribution in [3.63, 3.8) is 0 Å². The molecular formula is C45H54N4. The van der Waals surface area contributed by atoms with E-state index in [4.69, 9.17) is 9.97 Å². The van der Waals surface area contributed by atoms with Crippen LogP contribution in [0.1, 0.15) is 76.8 Å². The largest absolute Gasteiger partial charge is 0.370 e. The number of hydrogen-bond acceptors (Lipinski definition) is 4. The van der Waals surface area contributed by atoms with Crippen molar-refractivity contribution < 1.29 is 0 Å². The maximum absolute atomic E-state index is 4.95. The lowest BCUT2D eigenvalue weighted by atomic mass is 9.98. The molecule has 4 nitrogen and oxygen atoms in total. The highest BCUT2D eigenvalue weighted by atomic mass is 15.2. The number of pyridine rings is 2. The molecule has 49 heavy (non-hydrogen) atoms. The van der Waals surface area contributed by atoms with Gasteiger partial charge in [0.2, 0.25) is 0 Å². The molecule has 2 aliphatic rings. The molecule has 0 bridgehead atoms. The third-order valence-corrected chi connectivity index (χ3v) is 9.69. The number of hydrogen-bond donors (Lipinski definition) is 0. The lowest BCUT2D eigenvalue weighted by molar-refractivity contribution is 0.268. The Morgan fingerprint density at radius 3 is 1.92 bits per heavy atom. The number of nitrogens with zero attached hydrogens (tertiary/aromatic N) is 4. The monoisotopic (exact) mass is 650 g/mol. The number of piperidine rings is 2. The maximum atomic E-state index is 4.95. The number of aromatic nitrogens is 2. The van der Waals surface area contributed by atoms with Crippen LogP contribution >= 0.6 is 0 Å². The standard InChI is InChI=1S/C23H24N2.C20H24N2.C2H6/c1-17-13-15-25(16-14-17)18(2)22-11-6-12-23(24-22)21-10-5-8-19-7-3-4-9-20(19)21;1-3-17-9-7-10-18(15-17)20-12-8-11-19(21-20)16(2)22-13-5-4-6-14-22;1-2/h3-12,17H,2,13-16H2,1H3;7-12,15H,2-6,13-14H2,1H3;1-2H3. The van der Waals surface area contributed by atoms with E-state index in [0.717, 1.165) is 72.7 Å². The summed E-state index contributed by atoms with van der Waals surface area (Å²) in [5, 5.41) is 2.49. The first-order chi connectivity index (χ1) is 24.0. The first-order valence-corrected chi connectivity index (χ1v) is 18.4. The van der Waals surface area contributed by atoms with Gasteiger partial charge in [0.25, 0.3) is 0 Å². The van der Waals surface area contributed by atoms with Gasteiger partial charge in [-0.15, -0.1) is 0 Å². The Kier molecular flexibility index (Phi) is 12.8. The van der Waals surface area contributed by atoms with Gasteiger partial charge in [-0.1, -0.05) is 114 Å². The molecular weight excluding hydrogens is 597 g/mol. The summed E-state index contributed by atoms with van der Waals surface area (Å²) in [5.41, 5.74) is 9.86. The minimum Gasteiger partial charge on any atom is -0.370 e. The van der Waals surface area contributed by atoms with Crippen LogP contribution in [0.2, 0.25) is 0 Å². The van der Waals surface area contributed by atoms with Crippen molar-refractivity contribution >= 4 is 22.2 Å². The highest BCUT2D eigenvalue weighted by Crippen LogP contribution is 2.30. The predicted octanol–water partition coefficient (Wildman–Crippen LogP) is 11.4. The van der Waals surface area contributed by atoms with E-state index in [1.807, 2.05) is 13.8 Å². The van der Waals surface area contributed by atoms with Gasteiger partial charge in [0.1, 0.15) is 0 Å². The van der Waals surface area contributed by atoms with E-state index in [0.29, 0.717) is 0 Å². The number of likely N-dealkylation sites (tertiary alicyclic amines) is 2. The molecule has 2 saturated heterocycles. The van der Waals surface area contributed by atoms with Gasteiger partial charge in [0.05, 0.1) is 34.2 Å². The van der Waals surface area contributed by atoms with Crippen LogP contribution in [-0.4, -0.2) is 45.9 Å². The van der Waals surface area contributed by atoms with Crippen LogP contribution in [0.4, 0.5) is 0 Å². The molecule has 7 rings (SSSR count). The van der Waals surface area contributed by atoms with Gasteiger partial charge in [0.15, 0.2) is 0 Å². The highest BCUT2D eigenvalue weighted by molar-refractivity contribution is 5.95. The second-order valence-electron chi connectivity index (χ2n) is 13.0. The minimum atomic E-state index is 0.819. The summed E-state index contributed by atoms with van der Waals surface area (Å²) in [7, 11) is 0. The molecule has 0 spiro atoms. The summed E-state index contributed by atoms with van der Waals surface area (Å²) in [5.74, 6) is 0.819. The summed E-state index contributed by atoms with van der Waals surface area (Å²) in [6, 6.07) is 36.0. The molecule has 2 aromatic heterocycles. The van der Waals surface area contributed by atoms with Crippen molar-refractivity contribution in [2.75, 3.05) is 26.2 Å². The molecule has 0 radical (unpaired) electrons. The van der Waals surface area contributed by atoms with Crippen LogP contribution in [0.15, 0.2) is 116 Å². The van der Waals surface area contributed by atoms with Crippen LogP contribution < -0.4 is 0 Å². The number of aryl methyl sites for hydroxylation is 1. The fourth-order valence-corrected chi connectivity index (χ4v) is 6.67. The average molecular weight is 651 g/mol. The minimum absolute atomic E-state index is 0.819. The van der Waals surface area contributed by atoms with Gasteiger partial charge < -0.3 is 9.80 Å². The van der Waals surface area contributed by atoms with Gasteiger partial charge >= 0.3 is 0 Å². The summed E-state index contributed by atoms with van der Waals surface area (Å²) >= 11 is 0. The number of rotatable bonds is 7. The van der Waals surface area contributed by atoms with E-state index in [-0.39, 0.29) is 0 Å². The summed E-state index contributed by atoms with van der Waals surface area (Å²) < 4.78 is 0. The molecule has 3 aromatic carbocycles. The Hall–Kier alpha value is -4.70. The zero-order valence-electron chi connectivity index (χ0n) is 30.2. The van der Waals surface area contributed by atoms with Crippen LogP contribution in [0.5, 0.6) is 0 Å².